The smallest absolute Gasteiger partial charge is 0.243 e. The summed E-state index contributed by atoms with van der Waals surface area (Å²) in [6.07, 6.45) is 0. The number of aryl methyl sites for hydroxylation is 1. The summed E-state index contributed by atoms with van der Waals surface area (Å²) in [7, 11) is 0. The van der Waals surface area contributed by atoms with E-state index >= 15 is 0 Å². The molecule has 0 atom stereocenters. The number of benzene rings is 2. The number of carbonyl (C=O) groups excluding carboxylic acids is 1. The first-order valence-electron chi connectivity index (χ1n) is 7.38. The first-order chi connectivity index (χ1) is 12.0. The van der Waals surface area contributed by atoms with E-state index < -0.39 is 0 Å². The highest BCUT2D eigenvalue weighted by Gasteiger charge is 2.09. The minimum absolute atomic E-state index is 0.0703. The molecule has 0 fully saturated rings. The average molecular weight is 377 g/mol. The summed E-state index contributed by atoms with van der Waals surface area (Å²) >= 11 is 12.0. The van der Waals surface area contributed by atoms with Crippen LogP contribution in [0.5, 0.6) is 0 Å². The Labute approximate surface area is 153 Å². The molecule has 1 amide bonds. The minimum Gasteiger partial charge on any atom is -0.376 e. The van der Waals surface area contributed by atoms with Gasteiger partial charge in [-0.25, -0.2) is 0 Å². The van der Waals surface area contributed by atoms with Crippen LogP contribution in [0.15, 0.2) is 42.5 Å². The highest BCUT2D eigenvalue weighted by atomic mass is 35.5. The number of tetrazole rings is 1. The molecule has 2 N–H and O–H groups in total. The summed E-state index contributed by atoms with van der Waals surface area (Å²) in [5.74, 6) is 0.429. The molecule has 1 aromatic heterocycles. The van der Waals surface area contributed by atoms with Gasteiger partial charge in [0.25, 0.3) is 0 Å². The van der Waals surface area contributed by atoms with Gasteiger partial charge in [0.2, 0.25) is 5.91 Å². The molecule has 7 nitrogen and oxygen atoms in total. The van der Waals surface area contributed by atoms with Gasteiger partial charge in [0.1, 0.15) is 0 Å². The van der Waals surface area contributed by atoms with Crippen LogP contribution in [0.3, 0.4) is 0 Å². The average Bonchev–Trinajstić information content (AvgIpc) is 3.03. The standard InChI is InChI=1S/C16H14Cl2N6O/c1-10-21-22-23-24(10)12-5-2-4-11(8-12)19-9-15(25)20-14-7-3-6-13(17)16(14)18/h2-8,19H,9H2,1H3,(H,20,25). The van der Waals surface area contributed by atoms with Crippen LogP contribution in [0, 0.1) is 6.92 Å². The number of aromatic nitrogens is 4. The maximum absolute atomic E-state index is 12.1. The van der Waals surface area contributed by atoms with Crippen molar-refractivity contribution in [1.29, 1.82) is 0 Å². The zero-order valence-corrected chi connectivity index (χ0v) is 14.7. The second-order valence-electron chi connectivity index (χ2n) is 5.19. The Bertz CT molecular complexity index is 911. The quantitative estimate of drug-likeness (QED) is 0.713. The summed E-state index contributed by atoms with van der Waals surface area (Å²) < 4.78 is 1.61. The van der Waals surface area contributed by atoms with Gasteiger partial charge in [-0.2, -0.15) is 4.68 Å². The van der Waals surface area contributed by atoms with E-state index in [1.54, 1.807) is 22.9 Å². The topological polar surface area (TPSA) is 84.7 Å². The number of hydrogen-bond acceptors (Lipinski definition) is 5. The maximum atomic E-state index is 12.1. The zero-order chi connectivity index (χ0) is 17.8. The van der Waals surface area contributed by atoms with Gasteiger partial charge in [-0.3, -0.25) is 4.79 Å². The third kappa shape index (κ3) is 4.07. The first-order valence-corrected chi connectivity index (χ1v) is 8.13. The Morgan fingerprint density at radius 2 is 2.00 bits per heavy atom. The predicted octanol–water partition coefficient (Wildman–Crippen LogP) is 3.33. The van der Waals surface area contributed by atoms with Crippen molar-refractivity contribution >= 4 is 40.5 Å². The van der Waals surface area contributed by atoms with Gasteiger partial charge in [0.05, 0.1) is 28.0 Å². The Morgan fingerprint density at radius 1 is 1.20 bits per heavy atom. The lowest BCUT2D eigenvalue weighted by atomic mass is 10.2. The third-order valence-electron chi connectivity index (χ3n) is 3.39. The number of nitrogens with one attached hydrogen (secondary N) is 2. The number of anilines is 2. The SMILES string of the molecule is Cc1nnnn1-c1cccc(NCC(=O)Nc2cccc(Cl)c2Cl)c1. The minimum atomic E-state index is -0.242. The summed E-state index contributed by atoms with van der Waals surface area (Å²) in [4.78, 5) is 12.1. The highest BCUT2D eigenvalue weighted by Crippen LogP contribution is 2.29. The van der Waals surface area contributed by atoms with Crippen LogP contribution in [-0.4, -0.2) is 32.7 Å². The van der Waals surface area contributed by atoms with Gasteiger partial charge >= 0.3 is 0 Å². The van der Waals surface area contributed by atoms with Crippen molar-refractivity contribution in [2.24, 2.45) is 0 Å². The van der Waals surface area contributed by atoms with Crippen molar-refractivity contribution in [3.05, 3.63) is 58.3 Å². The molecular formula is C16H14Cl2N6O. The highest BCUT2D eigenvalue weighted by molar-refractivity contribution is 6.44. The monoisotopic (exact) mass is 376 g/mol. The van der Waals surface area contributed by atoms with Crippen molar-refractivity contribution in [3.8, 4) is 5.69 Å². The lowest BCUT2D eigenvalue weighted by Gasteiger charge is -2.10. The van der Waals surface area contributed by atoms with Crippen LogP contribution in [0.1, 0.15) is 5.82 Å². The van der Waals surface area contributed by atoms with Crippen LogP contribution in [0.25, 0.3) is 5.69 Å². The molecule has 128 valence electrons. The summed E-state index contributed by atoms with van der Waals surface area (Å²) in [5.41, 5.74) is 2.03. The molecule has 0 aliphatic heterocycles. The molecule has 0 aliphatic rings. The second kappa shape index (κ2) is 7.50. The van der Waals surface area contributed by atoms with Crippen LogP contribution in [-0.2, 0) is 4.79 Å². The third-order valence-corrected chi connectivity index (χ3v) is 4.21. The van der Waals surface area contributed by atoms with Gasteiger partial charge in [0, 0.05) is 5.69 Å². The van der Waals surface area contributed by atoms with E-state index in [0.717, 1.165) is 11.4 Å². The first kappa shape index (κ1) is 17.2. The van der Waals surface area contributed by atoms with Gasteiger partial charge in [-0.1, -0.05) is 35.3 Å². The molecular weight excluding hydrogens is 363 g/mol. The lowest BCUT2D eigenvalue weighted by molar-refractivity contribution is -0.114. The molecule has 2 aromatic carbocycles. The van der Waals surface area contributed by atoms with E-state index in [1.165, 1.54) is 0 Å². The van der Waals surface area contributed by atoms with Crippen molar-refractivity contribution in [2.75, 3.05) is 17.2 Å². The second-order valence-corrected chi connectivity index (χ2v) is 5.98. The molecule has 9 heteroatoms. The normalized spacial score (nSPS) is 10.5. The van der Waals surface area contributed by atoms with E-state index in [2.05, 4.69) is 26.2 Å². The fourth-order valence-electron chi connectivity index (χ4n) is 2.19. The molecule has 0 spiro atoms. The Morgan fingerprint density at radius 3 is 2.76 bits per heavy atom. The van der Waals surface area contributed by atoms with Gasteiger partial charge in [0.15, 0.2) is 5.82 Å². The molecule has 3 aromatic rings. The van der Waals surface area contributed by atoms with Crippen molar-refractivity contribution in [3.63, 3.8) is 0 Å². The van der Waals surface area contributed by atoms with Crippen LogP contribution < -0.4 is 10.6 Å². The largest absolute Gasteiger partial charge is 0.376 e. The van der Waals surface area contributed by atoms with Gasteiger partial charge in [-0.05, 0) is 47.7 Å². The molecule has 25 heavy (non-hydrogen) atoms. The van der Waals surface area contributed by atoms with E-state index in [-0.39, 0.29) is 12.5 Å². The zero-order valence-electron chi connectivity index (χ0n) is 13.2. The number of hydrogen-bond donors (Lipinski definition) is 2. The maximum Gasteiger partial charge on any atom is 0.243 e. The molecule has 1 heterocycles. The Kier molecular flexibility index (Phi) is 5.16. The molecule has 3 rings (SSSR count). The Hall–Kier alpha value is -2.64. The summed E-state index contributed by atoms with van der Waals surface area (Å²) in [5, 5.41) is 17.9. The molecule has 0 saturated heterocycles. The van der Waals surface area contributed by atoms with Crippen molar-refractivity contribution < 1.29 is 4.79 Å². The van der Waals surface area contributed by atoms with E-state index in [0.29, 0.717) is 21.6 Å². The molecule has 0 radical (unpaired) electrons. The number of amides is 1. The van der Waals surface area contributed by atoms with Crippen LogP contribution in [0.4, 0.5) is 11.4 Å². The van der Waals surface area contributed by atoms with E-state index in [9.17, 15) is 4.79 Å². The van der Waals surface area contributed by atoms with E-state index in [4.69, 9.17) is 23.2 Å². The van der Waals surface area contributed by atoms with Crippen LogP contribution in [0.2, 0.25) is 10.0 Å². The van der Waals surface area contributed by atoms with Crippen molar-refractivity contribution in [1.82, 2.24) is 20.2 Å². The molecule has 0 saturated carbocycles. The fourth-order valence-corrected chi connectivity index (χ4v) is 2.54. The fraction of sp³-hybridized carbons (Fsp3) is 0.125. The molecule has 0 unspecified atom stereocenters. The van der Waals surface area contributed by atoms with Crippen LogP contribution >= 0.6 is 23.2 Å². The number of nitrogens with zero attached hydrogens (tertiary/aromatic N) is 4. The van der Waals surface area contributed by atoms with E-state index in [1.807, 2.05) is 31.2 Å². The lowest BCUT2D eigenvalue weighted by Crippen LogP contribution is -2.22. The molecule has 0 bridgehead atoms. The Balaban J connectivity index is 1.65. The summed E-state index contributed by atoms with van der Waals surface area (Å²) in [6.45, 7) is 1.88. The molecule has 0 aliphatic carbocycles. The summed E-state index contributed by atoms with van der Waals surface area (Å²) in [6, 6.07) is 12.5. The number of carbonyl (C=O) groups is 1. The van der Waals surface area contributed by atoms with Gasteiger partial charge in [-0.15, -0.1) is 5.10 Å². The predicted molar refractivity (Wildman–Crippen MR) is 97.5 cm³/mol. The number of rotatable bonds is 5. The van der Waals surface area contributed by atoms with Crippen molar-refractivity contribution in [2.45, 2.75) is 6.92 Å². The van der Waals surface area contributed by atoms with Gasteiger partial charge < -0.3 is 10.6 Å². The number of halogens is 2.